The number of para-hydroxylation sites is 2. The Balaban J connectivity index is 2.42. The molecule has 118 valence electrons. The van der Waals surface area contributed by atoms with Gasteiger partial charge in [0, 0.05) is 0 Å². The topological polar surface area (TPSA) is 70.8 Å². The van der Waals surface area contributed by atoms with Crippen LogP contribution in [0.4, 0.5) is 0 Å². The molecule has 2 N–H and O–H groups in total. The molecule has 5 nitrogen and oxygen atoms in total. The molecule has 0 bridgehead atoms. The van der Waals surface area contributed by atoms with Crippen LogP contribution in [0, 0.1) is 0 Å². The largest absolute Gasteiger partial charge is 0.490 e. The molecule has 0 aliphatic rings. The third kappa shape index (κ3) is 5.63. The Labute approximate surface area is 126 Å². The third-order valence-electron chi connectivity index (χ3n) is 2.99. The first-order valence-electron chi connectivity index (χ1n) is 7.32. The van der Waals surface area contributed by atoms with Gasteiger partial charge >= 0.3 is 5.97 Å². The number of hydrogen-bond donors (Lipinski definition) is 1. The Morgan fingerprint density at radius 2 is 1.76 bits per heavy atom. The fraction of sp³-hybridized carbons (Fsp3) is 0.562. The summed E-state index contributed by atoms with van der Waals surface area (Å²) in [5, 5.41) is 0. The SMILES string of the molecule is CCOC(=O)C(C)(N)CCCOc1ccccc1OCC. The molecule has 0 amide bonds. The minimum atomic E-state index is -0.973. The Kier molecular flexibility index (Phi) is 7.02. The van der Waals surface area contributed by atoms with Crippen molar-refractivity contribution in [3.63, 3.8) is 0 Å². The van der Waals surface area contributed by atoms with Crippen LogP contribution >= 0.6 is 0 Å². The highest BCUT2D eigenvalue weighted by Crippen LogP contribution is 2.26. The normalized spacial score (nSPS) is 13.3. The van der Waals surface area contributed by atoms with Crippen molar-refractivity contribution in [2.45, 2.75) is 39.2 Å². The lowest BCUT2D eigenvalue weighted by Gasteiger charge is -2.22. The van der Waals surface area contributed by atoms with Gasteiger partial charge in [-0.05, 0) is 45.7 Å². The molecule has 0 heterocycles. The van der Waals surface area contributed by atoms with E-state index in [1.54, 1.807) is 13.8 Å². The summed E-state index contributed by atoms with van der Waals surface area (Å²) in [5.41, 5.74) is 4.98. The highest BCUT2D eigenvalue weighted by atomic mass is 16.5. The van der Waals surface area contributed by atoms with Crippen LogP contribution in [0.5, 0.6) is 11.5 Å². The summed E-state index contributed by atoms with van der Waals surface area (Å²) < 4.78 is 16.1. The number of nitrogens with two attached hydrogens (primary N) is 1. The van der Waals surface area contributed by atoms with Gasteiger partial charge in [0.2, 0.25) is 0 Å². The number of carbonyl (C=O) groups is 1. The first-order chi connectivity index (χ1) is 10.0. The standard InChI is InChI=1S/C16H25NO4/c1-4-19-13-9-6-7-10-14(13)21-12-8-11-16(3,17)15(18)20-5-2/h6-7,9-10H,4-5,8,11-12,17H2,1-3H3. The minimum absolute atomic E-state index is 0.337. The Hall–Kier alpha value is -1.75. The number of ether oxygens (including phenoxy) is 3. The number of esters is 1. The highest BCUT2D eigenvalue weighted by molar-refractivity contribution is 5.79. The quantitative estimate of drug-likeness (QED) is 0.560. The van der Waals surface area contributed by atoms with Crippen molar-refractivity contribution in [3.8, 4) is 11.5 Å². The van der Waals surface area contributed by atoms with Gasteiger partial charge in [-0.3, -0.25) is 4.79 Å². The van der Waals surface area contributed by atoms with E-state index >= 15 is 0 Å². The molecule has 0 aliphatic heterocycles. The molecule has 0 saturated heterocycles. The van der Waals surface area contributed by atoms with E-state index in [-0.39, 0.29) is 5.97 Å². The van der Waals surface area contributed by atoms with E-state index in [2.05, 4.69) is 0 Å². The first kappa shape index (κ1) is 17.3. The van der Waals surface area contributed by atoms with Gasteiger partial charge in [0.15, 0.2) is 11.5 Å². The van der Waals surface area contributed by atoms with Crippen LogP contribution in [-0.2, 0) is 9.53 Å². The van der Waals surface area contributed by atoms with Gasteiger partial charge in [0.1, 0.15) is 5.54 Å². The Bertz CT molecular complexity index is 446. The molecule has 0 fully saturated rings. The predicted octanol–water partition coefficient (Wildman–Crippen LogP) is 2.52. The summed E-state index contributed by atoms with van der Waals surface area (Å²) in [6.07, 6.45) is 1.16. The van der Waals surface area contributed by atoms with Crippen molar-refractivity contribution in [3.05, 3.63) is 24.3 Å². The molecule has 0 aliphatic carbocycles. The summed E-state index contributed by atoms with van der Waals surface area (Å²) in [6.45, 7) is 6.76. The van der Waals surface area contributed by atoms with Gasteiger partial charge in [0.25, 0.3) is 0 Å². The Morgan fingerprint density at radius 1 is 1.14 bits per heavy atom. The highest BCUT2D eigenvalue weighted by Gasteiger charge is 2.29. The maximum atomic E-state index is 11.7. The van der Waals surface area contributed by atoms with E-state index < -0.39 is 5.54 Å². The molecule has 1 aromatic carbocycles. The summed E-state index contributed by atoms with van der Waals surface area (Å²) >= 11 is 0. The lowest BCUT2D eigenvalue weighted by Crippen LogP contribution is -2.46. The van der Waals surface area contributed by atoms with Gasteiger partial charge in [-0.2, -0.15) is 0 Å². The van der Waals surface area contributed by atoms with E-state index in [4.69, 9.17) is 19.9 Å². The predicted molar refractivity (Wildman–Crippen MR) is 81.6 cm³/mol. The molecule has 0 spiro atoms. The van der Waals surface area contributed by atoms with E-state index in [0.717, 1.165) is 5.75 Å². The van der Waals surface area contributed by atoms with Gasteiger partial charge < -0.3 is 19.9 Å². The maximum absolute atomic E-state index is 11.7. The lowest BCUT2D eigenvalue weighted by atomic mass is 9.98. The van der Waals surface area contributed by atoms with Crippen molar-refractivity contribution in [2.24, 2.45) is 5.73 Å². The zero-order valence-electron chi connectivity index (χ0n) is 13.1. The Morgan fingerprint density at radius 3 is 2.33 bits per heavy atom. The van der Waals surface area contributed by atoms with E-state index in [9.17, 15) is 4.79 Å². The van der Waals surface area contributed by atoms with Crippen LogP contribution < -0.4 is 15.2 Å². The number of hydrogen-bond acceptors (Lipinski definition) is 5. The van der Waals surface area contributed by atoms with Crippen LogP contribution in [0.2, 0.25) is 0 Å². The van der Waals surface area contributed by atoms with Crippen LogP contribution in [0.1, 0.15) is 33.6 Å². The van der Waals surface area contributed by atoms with Crippen LogP contribution in [0.15, 0.2) is 24.3 Å². The number of carbonyl (C=O) groups excluding carboxylic acids is 1. The second-order valence-corrected chi connectivity index (χ2v) is 4.97. The molecule has 1 atom stereocenters. The van der Waals surface area contributed by atoms with Gasteiger partial charge in [-0.15, -0.1) is 0 Å². The average molecular weight is 295 g/mol. The summed E-state index contributed by atoms with van der Waals surface area (Å²) in [6, 6.07) is 7.52. The van der Waals surface area contributed by atoms with Crippen molar-refractivity contribution in [1.29, 1.82) is 0 Å². The molecule has 0 saturated carbocycles. The summed E-state index contributed by atoms with van der Waals surface area (Å²) in [4.78, 5) is 11.7. The van der Waals surface area contributed by atoms with Gasteiger partial charge in [-0.1, -0.05) is 12.1 Å². The zero-order chi connectivity index (χ0) is 15.7. The third-order valence-corrected chi connectivity index (χ3v) is 2.99. The number of rotatable bonds is 9. The van der Waals surface area contributed by atoms with Crippen molar-refractivity contribution < 1.29 is 19.0 Å². The molecule has 21 heavy (non-hydrogen) atoms. The van der Waals surface area contributed by atoms with Crippen LogP contribution in [0.25, 0.3) is 0 Å². The molecular formula is C16H25NO4. The monoisotopic (exact) mass is 295 g/mol. The first-order valence-corrected chi connectivity index (χ1v) is 7.32. The molecule has 0 aromatic heterocycles. The fourth-order valence-corrected chi connectivity index (χ4v) is 1.86. The zero-order valence-corrected chi connectivity index (χ0v) is 13.1. The fourth-order valence-electron chi connectivity index (χ4n) is 1.86. The van der Waals surface area contributed by atoms with Crippen LogP contribution in [-0.4, -0.2) is 31.3 Å². The molecule has 1 unspecified atom stereocenters. The lowest BCUT2D eigenvalue weighted by molar-refractivity contribution is -0.149. The molecule has 1 rings (SSSR count). The number of benzene rings is 1. The van der Waals surface area contributed by atoms with Gasteiger partial charge in [0.05, 0.1) is 19.8 Å². The molecule has 0 radical (unpaired) electrons. The maximum Gasteiger partial charge on any atom is 0.325 e. The summed E-state index contributed by atoms with van der Waals surface area (Å²) in [5.74, 6) is 1.05. The second kappa shape index (κ2) is 8.52. The molecule has 5 heteroatoms. The van der Waals surface area contributed by atoms with E-state index in [0.29, 0.717) is 38.4 Å². The van der Waals surface area contributed by atoms with Crippen LogP contribution in [0.3, 0.4) is 0 Å². The smallest absolute Gasteiger partial charge is 0.325 e. The van der Waals surface area contributed by atoms with Crippen molar-refractivity contribution in [2.75, 3.05) is 19.8 Å². The average Bonchev–Trinajstić information content (AvgIpc) is 2.46. The van der Waals surface area contributed by atoms with E-state index in [1.165, 1.54) is 0 Å². The molecular weight excluding hydrogens is 270 g/mol. The second-order valence-electron chi connectivity index (χ2n) is 4.97. The van der Waals surface area contributed by atoms with Crippen molar-refractivity contribution >= 4 is 5.97 Å². The minimum Gasteiger partial charge on any atom is -0.490 e. The van der Waals surface area contributed by atoms with E-state index in [1.807, 2.05) is 31.2 Å². The molecule has 1 aromatic rings. The van der Waals surface area contributed by atoms with Crippen molar-refractivity contribution in [1.82, 2.24) is 0 Å². The van der Waals surface area contributed by atoms with Gasteiger partial charge in [-0.25, -0.2) is 0 Å². The summed E-state index contributed by atoms with van der Waals surface area (Å²) in [7, 11) is 0.